The van der Waals surface area contributed by atoms with Gasteiger partial charge in [-0.3, -0.25) is 4.79 Å². The molecule has 2 rings (SSSR count). The van der Waals surface area contributed by atoms with Crippen molar-refractivity contribution in [2.24, 2.45) is 0 Å². The molecule has 108 valence electrons. The summed E-state index contributed by atoms with van der Waals surface area (Å²) < 4.78 is 5.41. The van der Waals surface area contributed by atoms with Crippen molar-refractivity contribution in [3.8, 4) is 0 Å². The Morgan fingerprint density at radius 2 is 1.95 bits per heavy atom. The number of likely N-dealkylation sites (tertiary alicyclic amines) is 1. The van der Waals surface area contributed by atoms with E-state index in [1.807, 2.05) is 20.8 Å². The second kappa shape index (κ2) is 5.49. The van der Waals surface area contributed by atoms with Gasteiger partial charge in [-0.1, -0.05) is 0 Å². The lowest BCUT2D eigenvalue weighted by Crippen LogP contribution is -2.49. The SMILES string of the molecule is CC(C)(C)OC(=O)C1CCCN1C(=O)[C@@H]1CCCN1. The van der Waals surface area contributed by atoms with Crippen molar-refractivity contribution in [2.45, 2.75) is 64.1 Å². The quantitative estimate of drug-likeness (QED) is 0.761. The number of ether oxygens (including phenoxy) is 1. The highest BCUT2D eigenvalue weighted by molar-refractivity contribution is 5.88. The van der Waals surface area contributed by atoms with Crippen molar-refractivity contribution in [1.82, 2.24) is 10.2 Å². The van der Waals surface area contributed by atoms with Crippen LogP contribution in [0, 0.1) is 0 Å². The second-order valence-electron chi connectivity index (χ2n) is 6.37. The molecule has 1 N–H and O–H groups in total. The maximum absolute atomic E-state index is 12.4. The standard InChI is InChI=1S/C14H24N2O3/c1-14(2,3)19-13(18)11-7-5-9-16(11)12(17)10-6-4-8-15-10/h10-11,15H,4-9H2,1-3H3/t10-,11?/m0/s1. The molecule has 2 saturated heterocycles. The number of carbonyl (C=O) groups is 2. The number of esters is 1. The van der Waals surface area contributed by atoms with E-state index in [1.165, 1.54) is 0 Å². The summed E-state index contributed by atoms with van der Waals surface area (Å²) in [5.41, 5.74) is -0.500. The van der Waals surface area contributed by atoms with Crippen LogP contribution in [-0.4, -0.2) is 47.6 Å². The van der Waals surface area contributed by atoms with Gasteiger partial charge in [-0.25, -0.2) is 4.79 Å². The van der Waals surface area contributed by atoms with E-state index in [4.69, 9.17) is 4.74 Å². The Hall–Kier alpha value is -1.10. The zero-order valence-electron chi connectivity index (χ0n) is 12.1. The van der Waals surface area contributed by atoms with Crippen molar-refractivity contribution in [1.29, 1.82) is 0 Å². The Bertz CT molecular complexity index is 356. The minimum absolute atomic E-state index is 0.0610. The first-order valence-electron chi connectivity index (χ1n) is 7.15. The van der Waals surface area contributed by atoms with Crippen LogP contribution < -0.4 is 5.32 Å². The summed E-state index contributed by atoms with van der Waals surface area (Å²) in [6.07, 6.45) is 3.49. The van der Waals surface area contributed by atoms with Gasteiger partial charge in [0.25, 0.3) is 0 Å². The predicted molar refractivity (Wildman–Crippen MR) is 71.6 cm³/mol. The fraction of sp³-hybridized carbons (Fsp3) is 0.857. The van der Waals surface area contributed by atoms with Crippen molar-refractivity contribution in [3.63, 3.8) is 0 Å². The summed E-state index contributed by atoms with van der Waals surface area (Å²) in [7, 11) is 0. The molecule has 1 amide bonds. The molecule has 2 heterocycles. The average Bonchev–Trinajstić information content (AvgIpc) is 2.97. The van der Waals surface area contributed by atoms with Gasteiger partial charge in [-0.15, -0.1) is 0 Å². The van der Waals surface area contributed by atoms with Crippen LogP contribution in [0.5, 0.6) is 0 Å². The number of amides is 1. The lowest BCUT2D eigenvalue weighted by atomic mass is 10.1. The molecule has 0 aromatic rings. The Balaban J connectivity index is 2.00. The van der Waals surface area contributed by atoms with Gasteiger partial charge < -0.3 is 15.0 Å². The van der Waals surface area contributed by atoms with Gasteiger partial charge in [-0.2, -0.15) is 0 Å². The van der Waals surface area contributed by atoms with Crippen LogP contribution >= 0.6 is 0 Å². The normalized spacial score (nSPS) is 27.6. The lowest BCUT2D eigenvalue weighted by molar-refractivity contribution is -0.163. The first-order chi connectivity index (χ1) is 8.88. The second-order valence-corrected chi connectivity index (χ2v) is 6.37. The molecule has 0 spiro atoms. The molecular weight excluding hydrogens is 244 g/mol. The molecule has 19 heavy (non-hydrogen) atoms. The molecule has 2 atom stereocenters. The van der Waals surface area contributed by atoms with Gasteiger partial charge in [0, 0.05) is 6.54 Å². The van der Waals surface area contributed by atoms with E-state index in [1.54, 1.807) is 4.90 Å². The molecule has 0 radical (unpaired) electrons. The summed E-state index contributed by atoms with van der Waals surface area (Å²) in [6, 6.07) is -0.503. The Morgan fingerprint density at radius 3 is 2.53 bits per heavy atom. The number of hydrogen-bond acceptors (Lipinski definition) is 4. The monoisotopic (exact) mass is 268 g/mol. The third-order valence-electron chi connectivity index (χ3n) is 3.57. The largest absolute Gasteiger partial charge is 0.458 e. The van der Waals surface area contributed by atoms with E-state index in [2.05, 4.69) is 5.32 Å². The lowest BCUT2D eigenvalue weighted by Gasteiger charge is -2.29. The smallest absolute Gasteiger partial charge is 0.329 e. The summed E-state index contributed by atoms with van der Waals surface area (Å²) in [4.78, 5) is 26.2. The number of rotatable bonds is 2. The fourth-order valence-electron chi connectivity index (χ4n) is 2.74. The molecule has 5 nitrogen and oxygen atoms in total. The summed E-state index contributed by atoms with van der Waals surface area (Å²) in [5.74, 6) is -0.206. The van der Waals surface area contributed by atoms with Crippen molar-refractivity contribution in [2.75, 3.05) is 13.1 Å². The van der Waals surface area contributed by atoms with Gasteiger partial charge in [0.15, 0.2) is 0 Å². The Morgan fingerprint density at radius 1 is 1.21 bits per heavy atom. The zero-order chi connectivity index (χ0) is 14.0. The zero-order valence-corrected chi connectivity index (χ0v) is 12.1. The molecule has 0 aromatic heterocycles. The third kappa shape index (κ3) is 3.47. The molecule has 1 unspecified atom stereocenters. The van der Waals surface area contributed by atoms with Crippen molar-refractivity contribution >= 4 is 11.9 Å². The molecule has 2 aliphatic rings. The number of nitrogens with zero attached hydrogens (tertiary/aromatic N) is 1. The van der Waals surface area contributed by atoms with E-state index in [0.29, 0.717) is 13.0 Å². The molecule has 2 fully saturated rings. The summed E-state index contributed by atoms with van der Waals surface area (Å²) in [5, 5.41) is 3.20. The minimum Gasteiger partial charge on any atom is -0.458 e. The number of nitrogens with one attached hydrogen (secondary N) is 1. The van der Waals surface area contributed by atoms with Crippen molar-refractivity contribution in [3.05, 3.63) is 0 Å². The Labute approximate surface area is 114 Å². The van der Waals surface area contributed by atoms with Gasteiger partial charge >= 0.3 is 5.97 Å². The molecular formula is C14H24N2O3. The number of hydrogen-bond donors (Lipinski definition) is 1. The van der Waals surface area contributed by atoms with Gasteiger partial charge in [-0.05, 0) is 53.0 Å². The predicted octanol–water partition coefficient (Wildman–Crippen LogP) is 1.07. The van der Waals surface area contributed by atoms with Crippen LogP contribution in [0.1, 0.15) is 46.5 Å². The van der Waals surface area contributed by atoms with Crippen LogP contribution in [0.25, 0.3) is 0 Å². The van der Waals surface area contributed by atoms with Crippen molar-refractivity contribution < 1.29 is 14.3 Å². The van der Waals surface area contributed by atoms with Crippen LogP contribution in [0.2, 0.25) is 0 Å². The van der Waals surface area contributed by atoms with E-state index in [9.17, 15) is 9.59 Å². The maximum Gasteiger partial charge on any atom is 0.329 e. The highest BCUT2D eigenvalue weighted by atomic mass is 16.6. The van der Waals surface area contributed by atoms with E-state index < -0.39 is 11.6 Å². The third-order valence-corrected chi connectivity index (χ3v) is 3.57. The first-order valence-corrected chi connectivity index (χ1v) is 7.15. The highest BCUT2D eigenvalue weighted by Gasteiger charge is 2.39. The van der Waals surface area contributed by atoms with E-state index in [0.717, 1.165) is 25.8 Å². The van der Waals surface area contributed by atoms with E-state index >= 15 is 0 Å². The average molecular weight is 268 g/mol. The molecule has 2 aliphatic heterocycles. The summed E-state index contributed by atoms with van der Waals surface area (Å²) in [6.45, 7) is 7.11. The van der Waals surface area contributed by atoms with Crippen LogP contribution in [0.15, 0.2) is 0 Å². The minimum atomic E-state index is -0.500. The number of carbonyl (C=O) groups excluding carboxylic acids is 2. The molecule has 0 bridgehead atoms. The van der Waals surface area contributed by atoms with E-state index in [-0.39, 0.29) is 17.9 Å². The Kier molecular flexibility index (Phi) is 4.13. The van der Waals surface area contributed by atoms with Gasteiger partial charge in [0.05, 0.1) is 6.04 Å². The van der Waals surface area contributed by atoms with Crippen LogP contribution in [0.3, 0.4) is 0 Å². The molecule has 0 aliphatic carbocycles. The van der Waals surface area contributed by atoms with Crippen LogP contribution in [0.4, 0.5) is 0 Å². The highest BCUT2D eigenvalue weighted by Crippen LogP contribution is 2.23. The molecule has 0 aromatic carbocycles. The fourth-order valence-corrected chi connectivity index (χ4v) is 2.74. The first kappa shape index (κ1) is 14.3. The summed E-state index contributed by atoms with van der Waals surface area (Å²) >= 11 is 0. The van der Waals surface area contributed by atoms with Gasteiger partial charge in [0.1, 0.15) is 11.6 Å². The molecule has 0 saturated carbocycles. The van der Waals surface area contributed by atoms with Crippen LogP contribution in [-0.2, 0) is 14.3 Å². The molecule has 5 heteroatoms. The van der Waals surface area contributed by atoms with Gasteiger partial charge in [0.2, 0.25) is 5.91 Å². The topological polar surface area (TPSA) is 58.6 Å². The maximum atomic E-state index is 12.4.